The number of aryl methyl sites for hydroxylation is 1. The molecule has 14 heteroatoms. The summed E-state index contributed by atoms with van der Waals surface area (Å²) in [7, 11) is -0.463. The second-order valence-corrected chi connectivity index (χ2v) is 24.5. The number of fused-ring (bicyclic) bond motifs is 8. The van der Waals surface area contributed by atoms with Crippen molar-refractivity contribution in [3.05, 3.63) is 29.8 Å². The summed E-state index contributed by atoms with van der Waals surface area (Å²) >= 11 is 5.30. The molecular formula is C19H25BI3O10-. The largest absolute Gasteiger partial charge is 0.387 e. The minimum absolute atomic E-state index is 0.201. The molecule has 5 aliphatic heterocycles. The quantitative estimate of drug-likeness (QED) is 0.166. The summed E-state index contributed by atoms with van der Waals surface area (Å²) in [6, 6.07) is 8.00. The first-order valence-electron chi connectivity index (χ1n) is 10.3. The van der Waals surface area contributed by atoms with Crippen LogP contribution in [0.25, 0.3) is 0 Å². The SMILES string of the molecule is Cc1ccc(B2OC3[C@@H]4OC[C@@H](O4)C(O2)[C@@H]3O)cc1.I[I-]I.OC1[C@@H]2OC[C@@H](O2)C(O)[C@@H]1O. The van der Waals surface area contributed by atoms with E-state index in [-0.39, 0.29) is 18.8 Å². The van der Waals surface area contributed by atoms with E-state index in [0.29, 0.717) is 19.9 Å². The molecule has 0 amide bonds. The Morgan fingerprint density at radius 2 is 1.36 bits per heavy atom. The van der Waals surface area contributed by atoms with Crippen LogP contribution in [-0.2, 0) is 28.3 Å². The van der Waals surface area contributed by atoms with Crippen LogP contribution in [0.3, 0.4) is 0 Å². The van der Waals surface area contributed by atoms with Crippen molar-refractivity contribution >= 4 is 49.8 Å². The fraction of sp³-hybridized carbons (Fsp3) is 0.684. The fourth-order valence-corrected chi connectivity index (χ4v) is 4.25. The summed E-state index contributed by atoms with van der Waals surface area (Å²) in [5.74, 6) is 0. The Morgan fingerprint density at radius 3 is 2.06 bits per heavy atom. The van der Waals surface area contributed by atoms with E-state index in [2.05, 4.69) is 37.2 Å². The molecule has 0 radical (unpaired) electrons. The van der Waals surface area contributed by atoms with Crippen molar-refractivity contribution in [3.63, 3.8) is 0 Å². The van der Waals surface area contributed by atoms with E-state index < -0.39 is 56.3 Å². The van der Waals surface area contributed by atoms with Crippen molar-refractivity contribution in [2.75, 3.05) is 13.2 Å². The van der Waals surface area contributed by atoms with Gasteiger partial charge in [0.15, 0.2) is 12.6 Å². The zero-order valence-electron chi connectivity index (χ0n) is 17.4. The third kappa shape index (κ3) is 5.98. The van der Waals surface area contributed by atoms with Crippen LogP contribution >= 0.6 is 37.2 Å². The molecule has 5 aliphatic rings. The second-order valence-electron chi connectivity index (χ2n) is 8.21. The van der Waals surface area contributed by atoms with Gasteiger partial charge in [0.1, 0.15) is 48.8 Å². The van der Waals surface area contributed by atoms with E-state index in [1.54, 1.807) is 0 Å². The predicted molar refractivity (Wildman–Crippen MR) is 128 cm³/mol. The van der Waals surface area contributed by atoms with Gasteiger partial charge in [-0.05, 0) is 12.4 Å². The van der Waals surface area contributed by atoms with Crippen molar-refractivity contribution < 1.29 is 61.9 Å². The van der Waals surface area contributed by atoms with Crippen LogP contribution in [0.15, 0.2) is 24.3 Å². The Bertz CT molecular complexity index is 739. The van der Waals surface area contributed by atoms with Crippen molar-refractivity contribution in [2.24, 2.45) is 0 Å². The molecule has 0 aromatic heterocycles. The second kappa shape index (κ2) is 12.1. The van der Waals surface area contributed by atoms with E-state index >= 15 is 0 Å². The van der Waals surface area contributed by atoms with Crippen LogP contribution < -0.4 is 18.7 Å². The molecule has 1 aromatic carbocycles. The van der Waals surface area contributed by atoms with Crippen LogP contribution in [-0.4, -0.2) is 102 Å². The van der Waals surface area contributed by atoms with Crippen LogP contribution in [0.4, 0.5) is 0 Å². The first-order valence-corrected chi connectivity index (χ1v) is 22.9. The normalized spacial score (nSPS) is 42.8. The van der Waals surface area contributed by atoms with Gasteiger partial charge in [-0.1, -0.05) is 29.8 Å². The molecule has 1 aromatic rings. The van der Waals surface area contributed by atoms with Gasteiger partial charge in [-0.15, -0.1) is 0 Å². The molecule has 33 heavy (non-hydrogen) atoms. The zero-order chi connectivity index (χ0) is 23.7. The van der Waals surface area contributed by atoms with Gasteiger partial charge in [-0.25, -0.2) is 0 Å². The number of hydrogen-bond donors (Lipinski definition) is 4. The van der Waals surface area contributed by atoms with Crippen molar-refractivity contribution in [3.8, 4) is 0 Å². The third-order valence-corrected chi connectivity index (χ3v) is 6.05. The van der Waals surface area contributed by atoms with Crippen LogP contribution in [0.5, 0.6) is 0 Å². The Balaban J connectivity index is 0.000000157. The van der Waals surface area contributed by atoms with Crippen molar-refractivity contribution in [2.45, 2.75) is 68.3 Å². The average Bonchev–Trinajstić information content (AvgIpc) is 3.45. The van der Waals surface area contributed by atoms with Gasteiger partial charge >= 0.3 is 57.6 Å². The first kappa shape index (κ1) is 27.1. The molecular weight excluding hydrogens is 780 g/mol. The van der Waals surface area contributed by atoms with Gasteiger partial charge in [0.2, 0.25) is 0 Å². The summed E-state index contributed by atoms with van der Waals surface area (Å²) in [6.07, 6.45) is -6.81. The summed E-state index contributed by atoms with van der Waals surface area (Å²) in [4.78, 5) is 0. The van der Waals surface area contributed by atoms with Crippen LogP contribution in [0, 0.1) is 6.92 Å². The molecule has 0 saturated carbocycles. The molecule has 10 nitrogen and oxygen atoms in total. The van der Waals surface area contributed by atoms with Gasteiger partial charge in [-0.2, -0.15) is 0 Å². The number of benzene rings is 1. The molecule has 186 valence electrons. The number of ether oxygens (including phenoxy) is 4. The van der Waals surface area contributed by atoms with Gasteiger partial charge in [0.25, 0.3) is 0 Å². The molecule has 10 atom stereocenters. The van der Waals surface area contributed by atoms with Gasteiger partial charge in [0.05, 0.1) is 13.2 Å². The molecule has 5 heterocycles. The maximum Gasteiger partial charge on any atom is 0.186 e. The summed E-state index contributed by atoms with van der Waals surface area (Å²) in [5.41, 5.74) is 2.14. The number of aliphatic hydroxyl groups excluding tert-OH is 4. The maximum absolute atomic E-state index is 10.2. The van der Waals surface area contributed by atoms with Gasteiger partial charge in [0, 0.05) is 0 Å². The molecule has 0 aliphatic carbocycles. The molecule has 5 fully saturated rings. The van der Waals surface area contributed by atoms with E-state index in [1.807, 2.05) is 31.2 Å². The Hall–Kier alpha value is 1.07. The van der Waals surface area contributed by atoms with Gasteiger partial charge in [-0.3, -0.25) is 0 Å². The Morgan fingerprint density at radius 1 is 0.788 bits per heavy atom. The van der Waals surface area contributed by atoms with E-state index in [9.17, 15) is 15.3 Å². The van der Waals surface area contributed by atoms with E-state index in [0.717, 1.165) is 5.46 Å². The molecule has 4 unspecified atom stereocenters. The predicted octanol–water partition coefficient (Wildman–Crippen LogP) is -3.81. The first-order chi connectivity index (χ1) is 15.8. The average molecular weight is 805 g/mol. The van der Waals surface area contributed by atoms with Crippen LogP contribution in [0.1, 0.15) is 5.56 Å². The number of hydrogen-bond acceptors (Lipinski definition) is 10. The summed E-state index contributed by atoms with van der Waals surface area (Å²) < 4.78 is 32.7. The van der Waals surface area contributed by atoms with Crippen molar-refractivity contribution in [1.29, 1.82) is 0 Å². The Labute approximate surface area is 221 Å². The van der Waals surface area contributed by atoms with Crippen molar-refractivity contribution in [1.82, 2.24) is 0 Å². The standard InChI is InChI=1S/C13H15BO5.C6H10O5.I3/c1-7-2-4-8(5-3-7)14-18-11-9-6-16-13(17-9)12(19-14)10(11)15;7-3-2-1-10-6(11-2)5(9)4(3)8;1-3-2/h2-5,9-13,15H,6H2,1H3;2-9H,1H2;/q;;-1/t9-,10+,11?,12?,13-;2-,3?,4+,5?,6-;/m11./s1. The third-order valence-electron chi connectivity index (χ3n) is 6.05. The topological polar surface area (TPSA) is 136 Å². The number of aliphatic hydroxyl groups is 4. The minimum atomic E-state index is -1.15. The molecule has 6 bridgehead atoms. The van der Waals surface area contributed by atoms with Crippen LogP contribution in [0.2, 0.25) is 0 Å². The molecule has 4 N–H and O–H groups in total. The Kier molecular flexibility index (Phi) is 9.93. The van der Waals surface area contributed by atoms with E-state index in [1.165, 1.54) is 5.56 Å². The number of halogens is 3. The summed E-state index contributed by atoms with van der Waals surface area (Å²) in [5, 5.41) is 37.7. The fourth-order valence-electron chi connectivity index (χ4n) is 4.25. The molecule has 5 saturated heterocycles. The minimum Gasteiger partial charge on any atom is -0.387 e. The number of rotatable bonds is 1. The van der Waals surface area contributed by atoms with E-state index in [4.69, 9.17) is 33.4 Å². The molecule has 0 spiro atoms. The van der Waals surface area contributed by atoms with Gasteiger partial charge < -0.3 is 48.7 Å². The zero-order valence-corrected chi connectivity index (χ0v) is 23.9. The smallest absolute Gasteiger partial charge is 0.186 e. The maximum atomic E-state index is 10.2. The summed E-state index contributed by atoms with van der Waals surface area (Å²) in [6.45, 7) is 2.72. The molecule has 6 rings (SSSR count). The monoisotopic (exact) mass is 805 g/mol.